The predicted molar refractivity (Wildman–Crippen MR) is 59.6 cm³/mol. The van der Waals surface area contributed by atoms with Gasteiger partial charge in [0.2, 0.25) is 5.88 Å². The summed E-state index contributed by atoms with van der Waals surface area (Å²) >= 11 is 0. The molecule has 0 bridgehead atoms. The van der Waals surface area contributed by atoms with Gasteiger partial charge in [0.05, 0.1) is 0 Å². The molecule has 0 saturated heterocycles. The number of halogens is 1. The van der Waals surface area contributed by atoms with Crippen LogP contribution >= 0.6 is 0 Å². The van der Waals surface area contributed by atoms with Crippen molar-refractivity contribution >= 4 is 0 Å². The number of aromatic hydroxyl groups is 1. The quantitative estimate of drug-likeness (QED) is 0.844. The second kappa shape index (κ2) is 3.96. The van der Waals surface area contributed by atoms with Gasteiger partial charge in [0.15, 0.2) is 0 Å². The summed E-state index contributed by atoms with van der Waals surface area (Å²) in [6.07, 6.45) is 0.614. The first-order valence-corrected chi connectivity index (χ1v) is 5.15. The van der Waals surface area contributed by atoms with E-state index in [4.69, 9.17) is 0 Å². The molecule has 2 aromatic rings. The average molecular weight is 220 g/mol. The smallest absolute Gasteiger partial charge is 0.212 e. The van der Waals surface area contributed by atoms with Crippen LogP contribution in [0, 0.1) is 5.82 Å². The highest BCUT2D eigenvalue weighted by molar-refractivity contribution is 5.65. The van der Waals surface area contributed by atoms with Gasteiger partial charge < -0.3 is 5.11 Å². The zero-order valence-electron chi connectivity index (χ0n) is 9.24. The first kappa shape index (κ1) is 10.7. The number of hydrogen-bond donors (Lipinski definition) is 1. The van der Waals surface area contributed by atoms with Crippen LogP contribution in [0.25, 0.3) is 11.3 Å². The monoisotopic (exact) mass is 220 g/mol. The number of aromatic nitrogens is 2. The third-order valence-corrected chi connectivity index (χ3v) is 2.59. The van der Waals surface area contributed by atoms with Crippen molar-refractivity contribution in [3.8, 4) is 17.1 Å². The highest BCUT2D eigenvalue weighted by atomic mass is 19.1. The standard InChI is InChI=1S/C12H13FN2O/c1-3-8-11(14-15(2)12(8)16)9-6-4-5-7-10(9)13/h4-7,16H,3H2,1-2H3. The lowest BCUT2D eigenvalue weighted by Gasteiger charge is -2.01. The molecule has 0 radical (unpaired) electrons. The van der Waals surface area contributed by atoms with E-state index in [2.05, 4.69) is 5.10 Å². The number of hydrogen-bond acceptors (Lipinski definition) is 2. The Hall–Kier alpha value is -1.84. The number of benzene rings is 1. The minimum Gasteiger partial charge on any atom is -0.493 e. The molecule has 0 unspecified atom stereocenters. The first-order chi connectivity index (χ1) is 7.65. The van der Waals surface area contributed by atoms with E-state index >= 15 is 0 Å². The second-order valence-corrected chi connectivity index (χ2v) is 3.61. The zero-order chi connectivity index (χ0) is 11.7. The summed E-state index contributed by atoms with van der Waals surface area (Å²) in [6.45, 7) is 1.90. The lowest BCUT2D eigenvalue weighted by atomic mass is 10.1. The molecule has 1 aromatic heterocycles. The van der Waals surface area contributed by atoms with Crippen molar-refractivity contribution in [1.29, 1.82) is 0 Å². The topological polar surface area (TPSA) is 38.0 Å². The van der Waals surface area contributed by atoms with Gasteiger partial charge in [-0.25, -0.2) is 9.07 Å². The zero-order valence-corrected chi connectivity index (χ0v) is 9.24. The molecule has 0 aliphatic heterocycles. The molecule has 16 heavy (non-hydrogen) atoms. The average Bonchev–Trinajstić information content (AvgIpc) is 2.56. The van der Waals surface area contributed by atoms with E-state index in [1.807, 2.05) is 6.92 Å². The Morgan fingerprint density at radius 3 is 2.69 bits per heavy atom. The summed E-state index contributed by atoms with van der Waals surface area (Å²) in [6, 6.07) is 6.44. The largest absolute Gasteiger partial charge is 0.493 e. The maximum atomic E-state index is 13.6. The van der Waals surface area contributed by atoms with Crippen LogP contribution in [0.3, 0.4) is 0 Å². The van der Waals surface area contributed by atoms with Crippen LogP contribution in [0.4, 0.5) is 4.39 Å². The van der Waals surface area contributed by atoms with Gasteiger partial charge in [-0.1, -0.05) is 19.1 Å². The fourth-order valence-corrected chi connectivity index (χ4v) is 1.75. The van der Waals surface area contributed by atoms with E-state index in [-0.39, 0.29) is 11.7 Å². The Bertz CT molecular complexity index is 520. The Morgan fingerprint density at radius 2 is 2.06 bits per heavy atom. The van der Waals surface area contributed by atoms with E-state index in [0.29, 0.717) is 23.2 Å². The molecule has 84 valence electrons. The van der Waals surface area contributed by atoms with Gasteiger partial charge >= 0.3 is 0 Å². The fourth-order valence-electron chi connectivity index (χ4n) is 1.75. The van der Waals surface area contributed by atoms with Crippen molar-refractivity contribution in [3.05, 3.63) is 35.6 Å². The van der Waals surface area contributed by atoms with E-state index in [1.165, 1.54) is 10.7 Å². The lowest BCUT2D eigenvalue weighted by molar-refractivity contribution is 0.414. The molecule has 1 heterocycles. The van der Waals surface area contributed by atoms with Crippen molar-refractivity contribution in [1.82, 2.24) is 9.78 Å². The van der Waals surface area contributed by atoms with Crippen molar-refractivity contribution in [2.24, 2.45) is 7.05 Å². The Labute approximate surface area is 93.2 Å². The van der Waals surface area contributed by atoms with Gasteiger partial charge in [-0.05, 0) is 18.6 Å². The number of rotatable bonds is 2. The summed E-state index contributed by atoms with van der Waals surface area (Å²) in [4.78, 5) is 0. The van der Waals surface area contributed by atoms with Gasteiger partial charge in [0.25, 0.3) is 0 Å². The Morgan fingerprint density at radius 1 is 1.38 bits per heavy atom. The maximum absolute atomic E-state index is 13.6. The van der Waals surface area contributed by atoms with Crippen molar-refractivity contribution in [3.63, 3.8) is 0 Å². The number of nitrogens with zero attached hydrogens (tertiary/aromatic N) is 2. The molecular formula is C12H13FN2O. The molecule has 0 fully saturated rings. The molecule has 0 aliphatic carbocycles. The molecular weight excluding hydrogens is 207 g/mol. The molecule has 2 rings (SSSR count). The Balaban J connectivity index is 2.65. The summed E-state index contributed by atoms with van der Waals surface area (Å²) in [5, 5.41) is 13.9. The van der Waals surface area contributed by atoms with Crippen LogP contribution in [0.1, 0.15) is 12.5 Å². The van der Waals surface area contributed by atoms with Crippen LogP contribution in [0.2, 0.25) is 0 Å². The number of aryl methyl sites for hydroxylation is 1. The van der Waals surface area contributed by atoms with Gasteiger partial charge in [-0.2, -0.15) is 5.10 Å². The van der Waals surface area contributed by atoms with Crippen LogP contribution in [-0.2, 0) is 13.5 Å². The van der Waals surface area contributed by atoms with E-state index in [1.54, 1.807) is 25.2 Å². The van der Waals surface area contributed by atoms with E-state index in [0.717, 1.165) is 0 Å². The van der Waals surface area contributed by atoms with Gasteiger partial charge in [-0.15, -0.1) is 0 Å². The molecule has 0 amide bonds. The third kappa shape index (κ3) is 1.56. The van der Waals surface area contributed by atoms with Crippen LogP contribution in [0.15, 0.2) is 24.3 Å². The molecule has 1 aromatic carbocycles. The highest BCUT2D eigenvalue weighted by Gasteiger charge is 2.17. The molecule has 0 spiro atoms. The molecule has 1 N–H and O–H groups in total. The van der Waals surface area contributed by atoms with Gasteiger partial charge in [-0.3, -0.25) is 0 Å². The van der Waals surface area contributed by atoms with Crippen LogP contribution < -0.4 is 0 Å². The van der Waals surface area contributed by atoms with Crippen molar-refractivity contribution in [2.75, 3.05) is 0 Å². The molecule has 0 atom stereocenters. The van der Waals surface area contributed by atoms with Gasteiger partial charge in [0.1, 0.15) is 11.5 Å². The molecule has 0 saturated carbocycles. The summed E-state index contributed by atoms with van der Waals surface area (Å²) < 4.78 is 15.0. The highest BCUT2D eigenvalue weighted by Crippen LogP contribution is 2.30. The van der Waals surface area contributed by atoms with Gasteiger partial charge in [0, 0.05) is 18.2 Å². The van der Waals surface area contributed by atoms with E-state index < -0.39 is 0 Å². The summed E-state index contributed by atoms with van der Waals surface area (Å²) in [5.41, 5.74) is 1.61. The third-order valence-electron chi connectivity index (χ3n) is 2.59. The summed E-state index contributed by atoms with van der Waals surface area (Å²) in [7, 11) is 1.64. The SMILES string of the molecule is CCc1c(-c2ccccc2F)nn(C)c1O. The van der Waals surface area contributed by atoms with Crippen molar-refractivity contribution in [2.45, 2.75) is 13.3 Å². The lowest BCUT2D eigenvalue weighted by Crippen LogP contribution is -1.90. The van der Waals surface area contributed by atoms with Crippen LogP contribution in [0.5, 0.6) is 5.88 Å². The minimum absolute atomic E-state index is 0.0979. The Kier molecular flexibility index (Phi) is 2.64. The van der Waals surface area contributed by atoms with E-state index in [9.17, 15) is 9.50 Å². The van der Waals surface area contributed by atoms with Crippen LogP contribution in [-0.4, -0.2) is 14.9 Å². The fraction of sp³-hybridized carbons (Fsp3) is 0.250. The molecule has 4 heteroatoms. The maximum Gasteiger partial charge on any atom is 0.212 e. The summed E-state index contributed by atoms with van der Waals surface area (Å²) in [5.74, 6) is -0.226. The molecule has 0 aliphatic rings. The first-order valence-electron chi connectivity index (χ1n) is 5.15. The minimum atomic E-state index is -0.324. The predicted octanol–water partition coefficient (Wildman–Crippen LogP) is 2.49. The normalized spacial score (nSPS) is 10.7. The van der Waals surface area contributed by atoms with Crippen molar-refractivity contribution < 1.29 is 9.50 Å². The second-order valence-electron chi connectivity index (χ2n) is 3.61. The molecule has 3 nitrogen and oxygen atoms in total.